The minimum atomic E-state index is 0. The van der Waals surface area contributed by atoms with Crippen LogP contribution in [-0.4, -0.2) is 40.7 Å². The van der Waals surface area contributed by atoms with Crippen molar-refractivity contribution in [3.05, 3.63) is 0 Å². The molecule has 0 amide bonds. The van der Waals surface area contributed by atoms with Crippen LogP contribution in [0.3, 0.4) is 0 Å². The van der Waals surface area contributed by atoms with Crippen molar-refractivity contribution in [2.24, 2.45) is 0 Å². The minimum absolute atomic E-state index is 0. The molecule has 3 N–H and O–H groups in total. The number of aliphatic hydroxyl groups excluding tert-OH is 1. The number of hydrogen-bond acceptors (Lipinski definition) is 1. The first-order valence-corrected chi connectivity index (χ1v) is 0.447. The molecule has 0 fully saturated rings. The molecule has 3 heteroatoms. The summed E-state index contributed by atoms with van der Waals surface area (Å²) in [5.41, 5.74) is 0. The Morgan fingerprint density at radius 2 is 1.25 bits per heavy atom. The SMILES string of the molecule is CO.O.[MgH2]. The standard InChI is InChI=1S/CH4O.Mg.H2O.2H/c1-2;;;;/h2H,1H3;;1H2;;. The van der Waals surface area contributed by atoms with Gasteiger partial charge in [-0.1, -0.05) is 0 Å². The summed E-state index contributed by atoms with van der Waals surface area (Å²) in [5.74, 6) is 0. The summed E-state index contributed by atoms with van der Waals surface area (Å²) < 4.78 is 0. The minimum Gasteiger partial charge on any atom is -0.412 e. The van der Waals surface area contributed by atoms with E-state index in [2.05, 4.69) is 0 Å². The zero-order valence-electron chi connectivity index (χ0n) is 1.95. The van der Waals surface area contributed by atoms with E-state index >= 15 is 0 Å². The highest BCUT2D eigenvalue weighted by molar-refractivity contribution is 5.75. The molecule has 0 bridgehead atoms. The Bertz CT molecular complexity index is 6.00. The average Bonchev–Trinajstić information content (AvgIpc) is 1.00. The quantitative estimate of drug-likeness (QED) is 0.329. The Morgan fingerprint density at radius 3 is 1.25 bits per heavy atom. The van der Waals surface area contributed by atoms with Crippen LogP contribution in [0.25, 0.3) is 0 Å². The Morgan fingerprint density at radius 1 is 1.25 bits per heavy atom. The molecule has 0 aliphatic carbocycles. The Labute approximate surface area is 41.3 Å². The predicted octanol–water partition coefficient (Wildman–Crippen LogP) is -2.13. The molecular formula is CH8MgO2. The average molecular weight is 76.4 g/mol. The first kappa shape index (κ1) is 22.4. The molecule has 0 aromatic heterocycles. The van der Waals surface area contributed by atoms with Gasteiger partial charge in [0.2, 0.25) is 0 Å². The fraction of sp³-hybridized carbons (Fsp3) is 1.00. The van der Waals surface area contributed by atoms with Crippen molar-refractivity contribution in [3.8, 4) is 0 Å². The maximum atomic E-state index is 7.00. The molecule has 0 heterocycles. The van der Waals surface area contributed by atoms with Gasteiger partial charge in [-0.3, -0.25) is 0 Å². The fourth-order valence-corrected chi connectivity index (χ4v) is 0. The number of rotatable bonds is 0. The van der Waals surface area contributed by atoms with Crippen molar-refractivity contribution in [1.82, 2.24) is 0 Å². The van der Waals surface area contributed by atoms with Crippen LogP contribution in [0.5, 0.6) is 0 Å². The molecule has 0 aliphatic rings. The second-order valence-electron chi connectivity index (χ2n) is 0. The molecule has 26 valence electrons. The highest BCUT2D eigenvalue weighted by atomic mass is 24.3. The van der Waals surface area contributed by atoms with Crippen molar-refractivity contribution >= 4 is 23.1 Å². The van der Waals surface area contributed by atoms with E-state index in [1.807, 2.05) is 0 Å². The number of aliphatic hydroxyl groups is 1. The van der Waals surface area contributed by atoms with Gasteiger partial charge in [0.05, 0.1) is 0 Å². The molecule has 0 atom stereocenters. The Hall–Kier alpha value is 0.686. The van der Waals surface area contributed by atoms with Crippen LogP contribution < -0.4 is 0 Å². The molecule has 0 aliphatic heterocycles. The van der Waals surface area contributed by atoms with Gasteiger partial charge < -0.3 is 10.6 Å². The van der Waals surface area contributed by atoms with Crippen LogP contribution in [0.4, 0.5) is 0 Å². The third kappa shape index (κ3) is 16.2. The maximum Gasteiger partial charge on any atom is 0.316 e. The molecule has 4 heavy (non-hydrogen) atoms. The van der Waals surface area contributed by atoms with E-state index in [0.29, 0.717) is 0 Å². The van der Waals surface area contributed by atoms with Gasteiger partial charge in [0, 0.05) is 7.11 Å². The first-order chi connectivity index (χ1) is 1.00. The summed E-state index contributed by atoms with van der Waals surface area (Å²) in [4.78, 5) is 0. The highest BCUT2D eigenvalue weighted by Crippen LogP contribution is 0.755. The van der Waals surface area contributed by atoms with Crippen molar-refractivity contribution < 1.29 is 10.6 Å². The van der Waals surface area contributed by atoms with Gasteiger partial charge >= 0.3 is 23.1 Å². The Balaban J connectivity index is -0.00000000500. The second-order valence-corrected chi connectivity index (χ2v) is 0. The van der Waals surface area contributed by atoms with Crippen LogP contribution in [0, 0.1) is 0 Å². The van der Waals surface area contributed by atoms with Gasteiger partial charge in [-0.05, 0) is 0 Å². The normalized spacial score (nSPS) is 1.50. The van der Waals surface area contributed by atoms with Gasteiger partial charge in [-0.25, -0.2) is 0 Å². The van der Waals surface area contributed by atoms with Crippen LogP contribution in [-0.2, 0) is 0 Å². The smallest absolute Gasteiger partial charge is 0.316 e. The zero-order chi connectivity index (χ0) is 2.00. The van der Waals surface area contributed by atoms with Crippen LogP contribution in [0.1, 0.15) is 0 Å². The van der Waals surface area contributed by atoms with E-state index in [1.165, 1.54) is 0 Å². The Kier molecular flexibility index (Phi) is 316. The van der Waals surface area contributed by atoms with Gasteiger partial charge in [0.25, 0.3) is 0 Å². The molecule has 0 saturated heterocycles. The molecule has 0 aromatic rings. The third-order valence-electron chi connectivity index (χ3n) is 0. The summed E-state index contributed by atoms with van der Waals surface area (Å²) in [6.07, 6.45) is 0. The van der Waals surface area contributed by atoms with Crippen LogP contribution in [0.2, 0.25) is 0 Å². The maximum absolute atomic E-state index is 7.00. The molecular weight excluding hydrogens is 68.3 g/mol. The van der Waals surface area contributed by atoms with Crippen molar-refractivity contribution in [3.63, 3.8) is 0 Å². The van der Waals surface area contributed by atoms with Crippen molar-refractivity contribution in [2.45, 2.75) is 0 Å². The molecule has 0 rings (SSSR count). The fourth-order valence-electron chi connectivity index (χ4n) is 0. The molecule has 0 aromatic carbocycles. The molecule has 0 spiro atoms. The van der Waals surface area contributed by atoms with E-state index < -0.39 is 0 Å². The van der Waals surface area contributed by atoms with E-state index in [4.69, 9.17) is 5.11 Å². The van der Waals surface area contributed by atoms with E-state index in [0.717, 1.165) is 7.11 Å². The first-order valence-electron chi connectivity index (χ1n) is 0.447. The van der Waals surface area contributed by atoms with Crippen molar-refractivity contribution in [1.29, 1.82) is 0 Å². The molecule has 0 radical (unpaired) electrons. The van der Waals surface area contributed by atoms with Gasteiger partial charge in [-0.15, -0.1) is 0 Å². The molecule has 0 saturated carbocycles. The third-order valence-corrected chi connectivity index (χ3v) is 0. The lowest BCUT2D eigenvalue weighted by Crippen LogP contribution is -1.25. The lowest BCUT2D eigenvalue weighted by atomic mass is 11.8. The summed E-state index contributed by atoms with van der Waals surface area (Å²) >= 11 is 0. The van der Waals surface area contributed by atoms with E-state index in [-0.39, 0.29) is 28.5 Å². The summed E-state index contributed by atoms with van der Waals surface area (Å²) in [6.45, 7) is 0. The lowest BCUT2D eigenvalue weighted by Gasteiger charge is -1.21. The second kappa shape index (κ2) is 56.5. The van der Waals surface area contributed by atoms with Crippen LogP contribution in [0.15, 0.2) is 0 Å². The lowest BCUT2D eigenvalue weighted by molar-refractivity contribution is 0.399. The van der Waals surface area contributed by atoms with Gasteiger partial charge in [0.1, 0.15) is 0 Å². The summed E-state index contributed by atoms with van der Waals surface area (Å²) in [7, 11) is 1.00. The monoisotopic (exact) mass is 76.0 g/mol. The predicted molar refractivity (Wildman–Crippen MR) is 20.3 cm³/mol. The summed E-state index contributed by atoms with van der Waals surface area (Å²) in [6, 6.07) is 0. The highest BCUT2D eigenvalue weighted by Gasteiger charge is 0.839. The zero-order valence-corrected chi connectivity index (χ0v) is 1.95. The van der Waals surface area contributed by atoms with Gasteiger partial charge in [-0.2, -0.15) is 0 Å². The summed E-state index contributed by atoms with van der Waals surface area (Å²) in [5, 5.41) is 7.00. The van der Waals surface area contributed by atoms with Crippen LogP contribution >= 0.6 is 0 Å². The van der Waals surface area contributed by atoms with E-state index in [1.54, 1.807) is 0 Å². The number of hydrogen-bond donors (Lipinski definition) is 1. The topological polar surface area (TPSA) is 51.7 Å². The van der Waals surface area contributed by atoms with Crippen molar-refractivity contribution in [2.75, 3.05) is 7.11 Å². The largest absolute Gasteiger partial charge is 0.412 e. The van der Waals surface area contributed by atoms with E-state index in [9.17, 15) is 0 Å². The molecule has 0 unspecified atom stereocenters. The van der Waals surface area contributed by atoms with Gasteiger partial charge in [0.15, 0.2) is 0 Å². The molecule has 2 nitrogen and oxygen atoms in total.